The molecular weight excluding hydrogens is 228 g/mol. The van der Waals surface area contributed by atoms with E-state index in [0.29, 0.717) is 12.1 Å². The number of pyridine rings is 2. The van der Waals surface area contributed by atoms with E-state index in [0.717, 1.165) is 5.69 Å². The molecule has 88 valence electrons. The quantitative estimate of drug-likeness (QED) is 0.873. The van der Waals surface area contributed by atoms with Gasteiger partial charge in [-0.15, -0.1) is 0 Å². The van der Waals surface area contributed by atoms with Gasteiger partial charge in [0.05, 0.1) is 17.8 Å². The van der Waals surface area contributed by atoms with E-state index in [1.54, 1.807) is 12.3 Å². The fourth-order valence-corrected chi connectivity index (χ4v) is 1.37. The minimum absolute atomic E-state index is 0.238. The Labute approximate surface area is 104 Å². The third kappa shape index (κ3) is 2.89. The molecule has 0 aliphatic rings. The van der Waals surface area contributed by atoms with Crippen LogP contribution >= 0.6 is 0 Å². The molecule has 2 aromatic heterocycles. The molecule has 0 spiro atoms. The first kappa shape index (κ1) is 11.7. The lowest BCUT2D eigenvalue weighted by molar-refractivity contribution is 0.0950. The van der Waals surface area contributed by atoms with Crippen molar-refractivity contribution in [2.75, 3.05) is 0 Å². The zero-order chi connectivity index (χ0) is 12.8. The topological polar surface area (TPSA) is 78.7 Å². The van der Waals surface area contributed by atoms with Crippen molar-refractivity contribution in [1.82, 2.24) is 15.3 Å². The Morgan fingerprint density at radius 1 is 1.28 bits per heavy atom. The van der Waals surface area contributed by atoms with E-state index in [1.807, 2.05) is 24.3 Å². The van der Waals surface area contributed by atoms with Crippen molar-refractivity contribution < 1.29 is 4.79 Å². The highest BCUT2D eigenvalue weighted by Gasteiger charge is 2.05. The van der Waals surface area contributed by atoms with Crippen LogP contribution in [0.5, 0.6) is 0 Å². The van der Waals surface area contributed by atoms with Crippen molar-refractivity contribution in [3.05, 3.63) is 59.7 Å². The molecule has 0 saturated heterocycles. The van der Waals surface area contributed by atoms with Gasteiger partial charge in [-0.1, -0.05) is 6.07 Å². The van der Waals surface area contributed by atoms with Crippen molar-refractivity contribution >= 4 is 5.91 Å². The van der Waals surface area contributed by atoms with Crippen LogP contribution in [0, 0.1) is 11.3 Å². The Bertz CT molecular complexity index is 572. The smallest absolute Gasteiger partial charge is 0.253 e. The zero-order valence-corrected chi connectivity index (χ0v) is 9.50. The molecule has 2 aromatic rings. The Hall–Kier alpha value is -2.74. The van der Waals surface area contributed by atoms with Gasteiger partial charge in [0.25, 0.3) is 5.91 Å². The second-order valence-corrected chi connectivity index (χ2v) is 3.55. The van der Waals surface area contributed by atoms with Gasteiger partial charge in [0.2, 0.25) is 0 Å². The molecule has 0 saturated carbocycles. The molecule has 0 fully saturated rings. The van der Waals surface area contributed by atoms with Crippen LogP contribution in [-0.2, 0) is 6.54 Å². The van der Waals surface area contributed by atoms with Crippen LogP contribution in [0.1, 0.15) is 21.7 Å². The van der Waals surface area contributed by atoms with Crippen LogP contribution < -0.4 is 5.32 Å². The maximum Gasteiger partial charge on any atom is 0.253 e. The first-order chi connectivity index (χ1) is 8.79. The highest BCUT2D eigenvalue weighted by molar-refractivity contribution is 5.93. The molecule has 18 heavy (non-hydrogen) atoms. The largest absolute Gasteiger partial charge is 0.346 e. The van der Waals surface area contributed by atoms with Crippen LogP contribution in [0.15, 0.2) is 42.7 Å². The summed E-state index contributed by atoms with van der Waals surface area (Å²) < 4.78 is 0. The molecule has 2 rings (SSSR count). The lowest BCUT2D eigenvalue weighted by Gasteiger charge is -2.04. The molecule has 0 atom stereocenters. The molecule has 5 heteroatoms. The van der Waals surface area contributed by atoms with Gasteiger partial charge < -0.3 is 5.32 Å². The lowest BCUT2D eigenvalue weighted by Crippen LogP contribution is -2.23. The molecule has 0 radical (unpaired) electrons. The predicted octanol–water partition coefficient (Wildman–Crippen LogP) is 1.28. The third-order valence-electron chi connectivity index (χ3n) is 2.30. The Morgan fingerprint density at radius 3 is 2.78 bits per heavy atom. The van der Waals surface area contributed by atoms with E-state index in [1.165, 1.54) is 12.3 Å². The number of aromatic nitrogens is 2. The van der Waals surface area contributed by atoms with Gasteiger partial charge in [-0.3, -0.25) is 9.78 Å². The predicted molar refractivity (Wildman–Crippen MR) is 64.4 cm³/mol. The second-order valence-electron chi connectivity index (χ2n) is 3.55. The highest BCUT2D eigenvalue weighted by atomic mass is 16.1. The molecule has 5 nitrogen and oxygen atoms in total. The summed E-state index contributed by atoms with van der Waals surface area (Å²) in [5, 5.41) is 11.3. The average molecular weight is 238 g/mol. The van der Waals surface area contributed by atoms with Gasteiger partial charge in [0, 0.05) is 12.4 Å². The van der Waals surface area contributed by atoms with Gasteiger partial charge in [0.1, 0.15) is 11.8 Å². The number of rotatable bonds is 3. The fraction of sp³-hybridized carbons (Fsp3) is 0.0769. The molecule has 0 bridgehead atoms. The summed E-state index contributed by atoms with van der Waals surface area (Å²) in [6, 6.07) is 10.5. The van der Waals surface area contributed by atoms with Gasteiger partial charge in [0.15, 0.2) is 0 Å². The van der Waals surface area contributed by atoms with Crippen LogP contribution in [0.2, 0.25) is 0 Å². The summed E-state index contributed by atoms with van der Waals surface area (Å²) in [6.07, 6.45) is 3.05. The van der Waals surface area contributed by atoms with Gasteiger partial charge in [-0.2, -0.15) is 5.26 Å². The SMILES string of the molecule is N#Cc1ccc(C(=O)NCc2ccccn2)cn1. The van der Waals surface area contributed by atoms with Crippen LogP contribution in [0.25, 0.3) is 0 Å². The van der Waals surface area contributed by atoms with Crippen molar-refractivity contribution in [3.8, 4) is 6.07 Å². The average Bonchev–Trinajstić information content (AvgIpc) is 2.46. The third-order valence-corrected chi connectivity index (χ3v) is 2.30. The van der Waals surface area contributed by atoms with Crippen molar-refractivity contribution in [2.24, 2.45) is 0 Å². The lowest BCUT2D eigenvalue weighted by atomic mass is 10.2. The maximum atomic E-state index is 11.8. The number of hydrogen-bond acceptors (Lipinski definition) is 4. The standard InChI is InChI=1S/C13H10N4O/c14-7-11-5-4-10(8-16-11)13(18)17-9-12-3-1-2-6-15-12/h1-6,8H,9H2,(H,17,18). The number of nitrogens with one attached hydrogen (secondary N) is 1. The van der Waals surface area contributed by atoms with Gasteiger partial charge >= 0.3 is 0 Å². The summed E-state index contributed by atoms with van der Waals surface area (Å²) in [5.74, 6) is -0.238. The minimum atomic E-state index is -0.238. The summed E-state index contributed by atoms with van der Waals surface area (Å²) in [4.78, 5) is 19.7. The van der Waals surface area contributed by atoms with Crippen molar-refractivity contribution in [2.45, 2.75) is 6.54 Å². The highest BCUT2D eigenvalue weighted by Crippen LogP contribution is 2.00. The monoisotopic (exact) mass is 238 g/mol. The number of carbonyl (C=O) groups is 1. The van der Waals surface area contributed by atoms with Crippen LogP contribution in [0.4, 0.5) is 0 Å². The molecule has 1 amide bonds. The molecule has 0 aromatic carbocycles. The first-order valence-electron chi connectivity index (χ1n) is 5.34. The van der Waals surface area contributed by atoms with E-state index < -0.39 is 0 Å². The number of carbonyl (C=O) groups excluding carboxylic acids is 1. The summed E-state index contributed by atoms with van der Waals surface area (Å²) in [5.41, 5.74) is 1.49. The Balaban J connectivity index is 1.98. The second kappa shape index (κ2) is 5.55. The summed E-state index contributed by atoms with van der Waals surface area (Å²) >= 11 is 0. The minimum Gasteiger partial charge on any atom is -0.346 e. The number of amides is 1. The van der Waals surface area contributed by atoms with Crippen LogP contribution in [0.3, 0.4) is 0 Å². The van der Waals surface area contributed by atoms with E-state index in [9.17, 15) is 4.79 Å². The molecule has 1 N–H and O–H groups in total. The zero-order valence-electron chi connectivity index (χ0n) is 9.50. The Kier molecular flexibility index (Phi) is 3.62. The molecule has 2 heterocycles. The van der Waals surface area contributed by atoms with Gasteiger partial charge in [-0.25, -0.2) is 4.98 Å². The molecule has 0 aliphatic carbocycles. The summed E-state index contributed by atoms with van der Waals surface area (Å²) in [6.45, 7) is 0.361. The van der Waals surface area contributed by atoms with E-state index >= 15 is 0 Å². The fourth-order valence-electron chi connectivity index (χ4n) is 1.37. The number of hydrogen-bond donors (Lipinski definition) is 1. The maximum absolute atomic E-state index is 11.8. The molecular formula is C13H10N4O. The van der Waals surface area contributed by atoms with E-state index in [-0.39, 0.29) is 11.6 Å². The van der Waals surface area contributed by atoms with E-state index in [4.69, 9.17) is 5.26 Å². The van der Waals surface area contributed by atoms with Gasteiger partial charge in [-0.05, 0) is 24.3 Å². The van der Waals surface area contributed by atoms with E-state index in [2.05, 4.69) is 15.3 Å². The van der Waals surface area contributed by atoms with Crippen molar-refractivity contribution in [3.63, 3.8) is 0 Å². The van der Waals surface area contributed by atoms with Crippen LogP contribution in [-0.4, -0.2) is 15.9 Å². The first-order valence-corrected chi connectivity index (χ1v) is 5.34. The Morgan fingerprint density at radius 2 is 2.17 bits per heavy atom. The summed E-state index contributed by atoms with van der Waals surface area (Å²) in [7, 11) is 0. The number of nitrogens with zero attached hydrogens (tertiary/aromatic N) is 3. The van der Waals surface area contributed by atoms with Crippen molar-refractivity contribution in [1.29, 1.82) is 5.26 Å². The normalized spacial score (nSPS) is 9.50. The molecule has 0 unspecified atom stereocenters. The number of nitriles is 1. The molecule has 0 aliphatic heterocycles.